The smallest absolute Gasteiger partial charge is 0.243 e. The van der Waals surface area contributed by atoms with Crippen molar-refractivity contribution >= 4 is 22.5 Å². The molecule has 3 aromatic rings. The summed E-state index contributed by atoms with van der Waals surface area (Å²) in [5.41, 5.74) is 1.98. The van der Waals surface area contributed by atoms with E-state index in [4.69, 9.17) is 0 Å². The Morgan fingerprint density at radius 2 is 2.15 bits per heavy atom. The topological polar surface area (TPSA) is 84.7 Å². The third kappa shape index (κ3) is 3.39. The second kappa shape index (κ2) is 7.38. The van der Waals surface area contributed by atoms with Gasteiger partial charge in [0, 0.05) is 30.5 Å². The third-order valence-electron chi connectivity index (χ3n) is 5.19. The first kappa shape index (κ1) is 17.5. The van der Waals surface area contributed by atoms with Crippen LogP contribution >= 0.6 is 0 Å². The fourth-order valence-corrected chi connectivity index (χ4v) is 3.90. The molecule has 0 spiro atoms. The van der Waals surface area contributed by atoms with Gasteiger partial charge in [-0.1, -0.05) is 12.1 Å². The molecule has 3 heterocycles. The molecule has 0 saturated carbocycles. The molecule has 1 saturated heterocycles. The van der Waals surface area contributed by atoms with Gasteiger partial charge in [0.15, 0.2) is 0 Å². The highest BCUT2D eigenvalue weighted by atomic mass is 16.8. The Morgan fingerprint density at radius 1 is 1.26 bits per heavy atom. The predicted octanol–water partition coefficient (Wildman–Crippen LogP) is 3.48. The van der Waals surface area contributed by atoms with Crippen molar-refractivity contribution in [3.63, 3.8) is 0 Å². The van der Waals surface area contributed by atoms with Gasteiger partial charge in [-0.25, -0.2) is 0 Å². The summed E-state index contributed by atoms with van der Waals surface area (Å²) in [6.07, 6.45) is 8.37. The predicted molar refractivity (Wildman–Crippen MR) is 102 cm³/mol. The minimum absolute atomic E-state index is 0.0365. The van der Waals surface area contributed by atoms with Crippen molar-refractivity contribution in [1.29, 1.82) is 0 Å². The van der Waals surface area contributed by atoms with Crippen LogP contribution in [0.1, 0.15) is 30.9 Å². The van der Waals surface area contributed by atoms with Crippen molar-refractivity contribution in [2.45, 2.75) is 31.8 Å². The van der Waals surface area contributed by atoms with Gasteiger partial charge in [0.1, 0.15) is 6.54 Å². The summed E-state index contributed by atoms with van der Waals surface area (Å²) < 4.78 is 1.82. The number of pyridine rings is 1. The van der Waals surface area contributed by atoms with Crippen molar-refractivity contribution in [3.8, 4) is 0 Å². The number of carbonyl (C=O) groups excluding carboxylic acids is 1. The molecule has 4 rings (SSSR count). The van der Waals surface area contributed by atoms with Crippen LogP contribution in [0, 0.1) is 5.21 Å². The average Bonchev–Trinajstić information content (AvgIpc) is 3.11. The second-order valence-electron chi connectivity index (χ2n) is 6.81. The molecular formula is C20H21N4O3-. The zero-order valence-electron chi connectivity index (χ0n) is 14.9. The van der Waals surface area contributed by atoms with Crippen molar-refractivity contribution in [2.24, 2.45) is 0 Å². The normalized spacial score (nSPS) is 17.3. The van der Waals surface area contributed by atoms with E-state index in [1.54, 1.807) is 30.6 Å². The van der Waals surface area contributed by atoms with Crippen LogP contribution < -0.4 is 5.23 Å². The van der Waals surface area contributed by atoms with Gasteiger partial charge in [-0.3, -0.25) is 15.0 Å². The highest BCUT2D eigenvalue weighted by Gasteiger charge is 2.28. The number of carbonyl (C=O) groups is 1. The van der Waals surface area contributed by atoms with Crippen LogP contribution in [0.2, 0.25) is 0 Å². The van der Waals surface area contributed by atoms with E-state index in [0.29, 0.717) is 5.39 Å². The highest BCUT2D eigenvalue weighted by molar-refractivity contribution is 5.93. The van der Waals surface area contributed by atoms with Crippen LogP contribution in [-0.2, 0) is 11.3 Å². The zero-order chi connectivity index (χ0) is 18.8. The lowest BCUT2D eigenvalue weighted by molar-refractivity contribution is -0.135. The molecule has 7 nitrogen and oxygen atoms in total. The Labute approximate surface area is 157 Å². The number of anilines is 1. The second-order valence-corrected chi connectivity index (χ2v) is 6.81. The van der Waals surface area contributed by atoms with E-state index >= 15 is 0 Å². The lowest BCUT2D eigenvalue weighted by Crippen LogP contribution is -2.40. The minimum atomic E-state index is -0.141. The van der Waals surface area contributed by atoms with E-state index in [0.717, 1.165) is 36.9 Å². The third-order valence-corrected chi connectivity index (χ3v) is 5.19. The molecule has 1 amide bonds. The first-order valence-corrected chi connectivity index (χ1v) is 9.08. The fourth-order valence-electron chi connectivity index (χ4n) is 3.90. The molecule has 7 heteroatoms. The van der Waals surface area contributed by atoms with Gasteiger partial charge < -0.3 is 19.9 Å². The number of rotatable bonds is 4. The molecule has 2 aromatic heterocycles. The Bertz CT molecular complexity index is 939. The molecule has 27 heavy (non-hydrogen) atoms. The van der Waals surface area contributed by atoms with Gasteiger partial charge in [0.05, 0.1) is 17.2 Å². The highest BCUT2D eigenvalue weighted by Crippen LogP contribution is 2.31. The number of fused-ring (bicyclic) bond motifs is 1. The number of hydrogen-bond acceptors (Lipinski definition) is 5. The zero-order valence-corrected chi connectivity index (χ0v) is 14.9. The monoisotopic (exact) mass is 365 g/mol. The average molecular weight is 365 g/mol. The van der Waals surface area contributed by atoms with Gasteiger partial charge in [-0.05, 0) is 49.1 Å². The molecule has 1 atom stereocenters. The van der Waals surface area contributed by atoms with Crippen molar-refractivity contribution in [2.75, 3.05) is 11.8 Å². The van der Waals surface area contributed by atoms with E-state index in [1.165, 1.54) is 0 Å². The van der Waals surface area contributed by atoms with Gasteiger partial charge >= 0.3 is 0 Å². The quantitative estimate of drug-likeness (QED) is 0.716. The van der Waals surface area contributed by atoms with Crippen LogP contribution in [0.4, 0.5) is 5.69 Å². The lowest BCUT2D eigenvalue weighted by atomic mass is 9.96. The first-order valence-electron chi connectivity index (χ1n) is 9.08. The van der Waals surface area contributed by atoms with Gasteiger partial charge in [0.2, 0.25) is 5.91 Å². The summed E-state index contributed by atoms with van der Waals surface area (Å²) in [6, 6.07) is 10.8. The molecule has 0 radical (unpaired) electrons. The molecule has 0 aliphatic carbocycles. The van der Waals surface area contributed by atoms with E-state index in [-0.39, 0.29) is 29.4 Å². The molecule has 0 bridgehead atoms. The van der Waals surface area contributed by atoms with Crippen molar-refractivity contribution < 1.29 is 10.0 Å². The van der Waals surface area contributed by atoms with E-state index in [1.807, 2.05) is 33.9 Å². The van der Waals surface area contributed by atoms with Gasteiger partial charge in [-0.2, -0.15) is 0 Å². The Morgan fingerprint density at radius 3 is 2.93 bits per heavy atom. The SMILES string of the molecule is O=C(Cn1ccc2c(N([O-])O)cccc21)N1CCCC[C@H]1c1cccnc1. The van der Waals surface area contributed by atoms with E-state index < -0.39 is 0 Å². The molecule has 1 fully saturated rings. The molecule has 1 aliphatic rings. The van der Waals surface area contributed by atoms with Crippen LogP contribution in [0.3, 0.4) is 0 Å². The van der Waals surface area contributed by atoms with Gasteiger partial charge in [0.25, 0.3) is 0 Å². The maximum absolute atomic E-state index is 13.1. The van der Waals surface area contributed by atoms with Crippen LogP contribution in [-0.4, -0.2) is 32.1 Å². The molecule has 1 aliphatic heterocycles. The lowest BCUT2D eigenvalue weighted by Gasteiger charge is -2.36. The maximum atomic E-state index is 13.1. The number of aromatic nitrogens is 2. The standard InChI is InChI=1S/C20H21N4O3/c25-20(23-11-2-1-6-17(23)15-5-4-10-21-13-15)14-22-12-9-16-18(22)7-3-8-19(16)24(26)27/h3-5,7-10,12-13,17,26H,1-2,6,11,14H2/q-1/t17-/m0/s1. The van der Waals surface area contributed by atoms with Crippen LogP contribution in [0.25, 0.3) is 10.9 Å². The maximum Gasteiger partial charge on any atom is 0.243 e. The van der Waals surface area contributed by atoms with Crippen molar-refractivity contribution in [1.82, 2.24) is 14.5 Å². The number of hydrogen-bond donors (Lipinski definition) is 1. The Kier molecular flexibility index (Phi) is 4.79. The molecule has 140 valence electrons. The van der Waals surface area contributed by atoms with Gasteiger partial charge in [-0.15, -0.1) is 0 Å². The largest absolute Gasteiger partial charge is 0.733 e. The van der Waals surface area contributed by atoms with Crippen LogP contribution in [0.5, 0.6) is 0 Å². The summed E-state index contributed by atoms with van der Waals surface area (Å²) in [7, 11) is 0. The number of nitrogens with zero attached hydrogens (tertiary/aromatic N) is 4. The Hall–Kier alpha value is -2.90. The van der Waals surface area contributed by atoms with E-state index in [9.17, 15) is 15.2 Å². The van der Waals surface area contributed by atoms with E-state index in [2.05, 4.69) is 4.98 Å². The summed E-state index contributed by atoms with van der Waals surface area (Å²) in [6.45, 7) is 0.918. The minimum Gasteiger partial charge on any atom is -0.733 e. The van der Waals surface area contributed by atoms with Crippen LogP contribution in [0.15, 0.2) is 55.0 Å². The first-order chi connectivity index (χ1) is 13.1. The molecule has 1 N–H and O–H groups in total. The number of amides is 1. The summed E-state index contributed by atoms with van der Waals surface area (Å²) in [5, 5.41) is 21.1. The number of piperidine rings is 1. The molecule has 0 unspecified atom stereocenters. The fraction of sp³-hybridized carbons (Fsp3) is 0.300. The van der Waals surface area contributed by atoms with Crippen molar-refractivity contribution in [3.05, 3.63) is 65.8 Å². The summed E-state index contributed by atoms with van der Waals surface area (Å²) >= 11 is 0. The Balaban J connectivity index is 1.60. The number of likely N-dealkylation sites (tertiary alicyclic amines) is 1. The molecular weight excluding hydrogens is 344 g/mol. The molecule has 1 aromatic carbocycles. The number of benzene rings is 1. The summed E-state index contributed by atoms with van der Waals surface area (Å²) in [4.78, 5) is 19.2. The summed E-state index contributed by atoms with van der Waals surface area (Å²) in [5.74, 6) is 0.0365.